The third kappa shape index (κ3) is 3.38. The number of nitrogens with zero attached hydrogens (tertiary/aromatic N) is 3. The lowest BCUT2D eigenvalue weighted by molar-refractivity contribution is -1.21. The number of hydroxylamine groups is 4. The predicted octanol–water partition coefficient (Wildman–Crippen LogP) is 4.19. The standard InChI is InChI=1S/C21H21N3O3S/c1-21(2)12-18(16-7-3-4-9-19(16)28-21)24(26,27)20(25)23-17-8-5-6-14-13-22-11-10-15(14)17/h3-11,13,18,26-27H,12H2,1-2H3. The minimum absolute atomic E-state index is 0.251. The minimum Gasteiger partial charge on any atom is -0.811 e. The van der Waals surface area contributed by atoms with Crippen molar-refractivity contribution in [2.45, 2.75) is 36.0 Å². The summed E-state index contributed by atoms with van der Waals surface area (Å²) in [6.07, 6.45) is 3.71. The van der Waals surface area contributed by atoms with Gasteiger partial charge in [-0.15, -0.1) is 11.8 Å². The molecule has 2 N–H and O–H groups in total. The molecule has 0 radical (unpaired) electrons. The van der Waals surface area contributed by atoms with Gasteiger partial charge in [0.15, 0.2) is 6.04 Å². The van der Waals surface area contributed by atoms with Crippen molar-refractivity contribution in [3.8, 4) is 0 Å². The molecule has 1 aliphatic rings. The molecule has 0 fully saturated rings. The van der Waals surface area contributed by atoms with Gasteiger partial charge in [0.05, 0.1) is 5.69 Å². The van der Waals surface area contributed by atoms with E-state index >= 15 is 0 Å². The molecule has 1 aliphatic heterocycles. The smallest absolute Gasteiger partial charge is 0.239 e. The molecule has 3 aromatic rings. The van der Waals surface area contributed by atoms with Gasteiger partial charge in [0.25, 0.3) is 0 Å². The second kappa shape index (κ2) is 6.86. The number of hydrogen-bond donors (Lipinski definition) is 2. The van der Waals surface area contributed by atoms with Crippen molar-refractivity contribution in [3.05, 3.63) is 66.5 Å². The second-order valence-electron chi connectivity index (χ2n) is 7.54. The van der Waals surface area contributed by atoms with Crippen LogP contribution in [0.5, 0.6) is 0 Å². The zero-order chi connectivity index (χ0) is 19.9. The molecule has 28 heavy (non-hydrogen) atoms. The van der Waals surface area contributed by atoms with E-state index in [0.717, 1.165) is 21.2 Å². The number of fused-ring (bicyclic) bond motifs is 2. The maximum absolute atomic E-state index is 12.9. The van der Waals surface area contributed by atoms with Crippen molar-refractivity contribution in [1.29, 1.82) is 0 Å². The number of hydrogen-bond acceptors (Lipinski definition) is 6. The molecule has 144 valence electrons. The van der Waals surface area contributed by atoms with E-state index in [1.54, 1.807) is 42.4 Å². The molecule has 0 bridgehead atoms. The topological polar surface area (TPSA) is 88.8 Å². The van der Waals surface area contributed by atoms with Crippen LogP contribution >= 0.6 is 11.8 Å². The lowest BCUT2D eigenvalue weighted by atomic mass is 9.95. The van der Waals surface area contributed by atoms with Crippen LogP contribution < -0.4 is 5.11 Å². The van der Waals surface area contributed by atoms with Crippen molar-refractivity contribution in [2.75, 3.05) is 0 Å². The van der Waals surface area contributed by atoms with Gasteiger partial charge in [0.2, 0.25) is 6.02 Å². The monoisotopic (exact) mass is 395 g/mol. The molecule has 4 rings (SSSR count). The summed E-state index contributed by atoms with van der Waals surface area (Å²) in [5.41, 5.74) is 1.12. The summed E-state index contributed by atoms with van der Waals surface area (Å²) in [6.45, 7) is 4.06. The minimum atomic E-state index is -1.80. The molecule has 7 heteroatoms. The first kappa shape index (κ1) is 18.9. The summed E-state index contributed by atoms with van der Waals surface area (Å²) in [4.78, 5) is 7.26. The maximum Gasteiger partial charge on any atom is 0.239 e. The van der Waals surface area contributed by atoms with Crippen LogP contribution in [-0.4, -0.2) is 31.0 Å². The Morgan fingerprint density at radius 3 is 2.79 bits per heavy atom. The first-order valence-corrected chi connectivity index (χ1v) is 9.81. The number of amidine groups is 1. The van der Waals surface area contributed by atoms with Crippen LogP contribution in [0.15, 0.2) is 70.8 Å². The van der Waals surface area contributed by atoms with Gasteiger partial charge in [-0.25, -0.2) is 4.99 Å². The van der Waals surface area contributed by atoms with E-state index in [0.29, 0.717) is 12.1 Å². The first-order valence-electron chi connectivity index (χ1n) is 8.99. The SMILES string of the molecule is CC1(C)CC([N+](O)(O)C([O-])=Nc2cccc3cnccc23)c2ccccc2S1. The summed E-state index contributed by atoms with van der Waals surface area (Å²) in [7, 11) is 0. The molecule has 1 atom stereocenters. The highest BCUT2D eigenvalue weighted by molar-refractivity contribution is 8.00. The third-order valence-electron chi connectivity index (χ3n) is 4.94. The van der Waals surface area contributed by atoms with E-state index in [1.165, 1.54) is 0 Å². The average Bonchev–Trinajstić information content (AvgIpc) is 2.67. The molecule has 0 saturated carbocycles. The number of aliphatic imine (C=N–C) groups is 1. The zero-order valence-corrected chi connectivity index (χ0v) is 16.4. The molecule has 1 unspecified atom stereocenters. The van der Waals surface area contributed by atoms with E-state index < -0.39 is 16.9 Å². The quantitative estimate of drug-likeness (QED) is 0.294. The Hall–Kier alpha value is -2.45. The van der Waals surface area contributed by atoms with Gasteiger partial charge in [-0.1, -0.05) is 44.2 Å². The molecular formula is C21H21N3O3S. The Kier molecular flexibility index (Phi) is 4.63. The molecule has 0 spiro atoms. The van der Waals surface area contributed by atoms with Gasteiger partial charge < -0.3 is 5.11 Å². The lowest BCUT2D eigenvalue weighted by Crippen LogP contribution is -2.57. The van der Waals surface area contributed by atoms with Crippen molar-refractivity contribution in [2.24, 2.45) is 4.99 Å². The fourth-order valence-electron chi connectivity index (χ4n) is 3.60. The summed E-state index contributed by atoms with van der Waals surface area (Å²) < 4.78 is -0.251. The molecule has 1 aromatic heterocycles. The van der Waals surface area contributed by atoms with Gasteiger partial charge >= 0.3 is 0 Å². The normalized spacial score (nSPS) is 19.4. The summed E-state index contributed by atoms with van der Waals surface area (Å²) in [6, 6.07) is 12.7. The Bertz CT molecular complexity index is 1060. The van der Waals surface area contributed by atoms with Crippen molar-refractivity contribution >= 4 is 34.2 Å². The van der Waals surface area contributed by atoms with Gasteiger partial charge in [-0.3, -0.25) is 4.98 Å². The van der Waals surface area contributed by atoms with Gasteiger partial charge in [-0.2, -0.15) is 10.4 Å². The summed E-state index contributed by atoms with van der Waals surface area (Å²) in [5.74, 6) is 0. The van der Waals surface area contributed by atoms with Gasteiger partial charge in [0, 0.05) is 44.8 Å². The van der Waals surface area contributed by atoms with E-state index in [9.17, 15) is 15.5 Å². The fraction of sp³-hybridized carbons (Fsp3) is 0.238. The predicted molar refractivity (Wildman–Crippen MR) is 106 cm³/mol. The highest BCUT2D eigenvalue weighted by atomic mass is 32.2. The average molecular weight is 395 g/mol. The van der Waals surface area contributed by atoms with Crippen LogP contribution in [0.1, 0.15) is 31.9 Å². The largest absolute Gasteiger partial charge is 0.811 e. The maximum atomic E-state index is 12.9. The van der Waals surface area contributed by atoms with Crippen LogP contribution in [0.25, 0.3) is 10.8 Å². The molecule has 0 saturated heterocycles. The molecule has 2 aromatic carbocycles. The number of quaternary nitrogens is 1. The second-order valence-corrected chi connectivity index (χ2v) is 9.29. The van der Waals surface area contributed by atoms with Gasteiger partial charge in [-0.05, 0) is 23.0 Å². The first-order chi connectivity index (χ1) is 13.3. The van der Waals surface area contributed by atoms with Crippen LogP contribution in [0.3, 0.4) is 0 Å². The Morgan fingerprint density at radius 2 is 1.96 bits per heavy atom. The molecule has 0 amide bonds. The fourth-order valence-corrected chi connectivity index (χ4v) is 4.90. The van der Waals surface area contributed by atoms with Crippen molar-refractivity contribution in [1.82, 2.24) is 4.98 Å². The lowest BCUT2D eigenvalue weighted by Gasteiger charge is -2.40. The Balaban J connectivity index is 1.78. The van der Waals surface area contributed by atoms with Crippen LogP contribution in [0.4, 0.5) is 5.69 Å². The summed E-state index contributed by atoms with van der Waals surface area (Å²) in [5, 5.41) is 36.1. The van der Waals surface area contributed by atoms with Crippen molar-refractivity contribution in [3.63, 3.8) is 0 Å². The number of rotatable bonds is 2. The van der Waals surface area contributed by atoms with Crippen LogP contribution in [0, 0.1) is 0 Å². The van der Waals surface area contributed by atoms with E-state index in [4.69, 9.17) is 0 Å². The Morgan fingerprint density at radius 1 is 1.18 bits per heavy atom. The van der Waals surface area contributed by atoms with Crippen molar-refractivity contribution < 1.29 is 20.3 Å². The zero-order valence-electron chi connectivity index (χ0n) is 15.6. The molecule has 6 nitrogen and oxygen atoms in total. The number of aromatic nitrogens is 1. The van der Waals surface area contributed by atoms with Crippen LogP contribution in [-0.2, 0) is 0 Å². The van der Waals surface area contributed by atoms with Crippen LogP contribution in [0.2, 0.25) is 0 Å². The van der Waals surface area contributed by atoms with E-state index in [-0.39, 0.29) is 4.75 Å². The highest BCUT2D eigenvalue weighted by Crippen LogP contribution is 2.50. The molecule has 2 heterocycles. The summed E-state index contributed by atoms with van der Waals surface area (Å²) >= 11 is 1.67. The number of thioether (sulfide) groups is 1. The highest BCUT2D eigenvalue weighted by Gasteiger charge is 2.47. The number of pyridine rings is 1. The number of benzene rings is 2. The Labute approximate surface area is 167 Å². The van der Waals surface area contributed by atoms with Gasteiger partial charge in [0.1, 0.15) is 0 Å². The van der Waals surface area contributed by atoms with E-state index in [2.05, 4.69) is 9.98 Å². The molecular weight excluding hydrogens is 374 g/mol. The molecule has 0 aliphatic carbocycles. The van der Waals surface area contributed by atoms with E-state index in [1.807, 2.05) is 44.2 Å². The third-order valence-corrected chi connectivity index (χ3v) is 6.25.